The number of rotatable bonds is 8. The van der Waals surface area contributed by atoms with E-state index in [9.17, 15) is 4.79 Å². The third-order valence-corrected chi connectivity index (χ3v) is 2.50. The van der Waals surface area contributed by atoms with E-state index in [0.717, 1.165) is 18.7 Å². The van der Waals surface area contributed by atoms with E-state index in [1.807, 2.05) is 44.3 Å². The lowest BCUT2D eigenvalue weighted by atomic mass is 10.3. The zero-order valence-electron chi connectivity index (χ0n) is 11.5. The minimum absolute atomic E-state index is 0. The summed E-state index contributed by atoms with van der Waals surface area (Å²) >= 11 is 0. The van der Waals surface area contributed by atoms with E-state index in [4.69, 9.17) is 4.74 Å². The molecular weight excluding hydrogens is 264 g/mol. The Balaban J connectivity index is 0.00000324. The Hall–Kier alpha value is -1.26. The van der Waals surface area contributed by atoms with Gasteiger partial charge in [0, 0.05) is 6.42 Å². The SMILES string of the molecule is CNCCCC(=O)NCC(C)Oc1ccccc1.Cl. The highest BCUT2D eigenvalue weighted by atomic mass is 35.5. The topological polar surface area (TPSA) is 50.4 Å². The van der Waals surface area contributed by atoms with Crippen LogP contribution in [0.15, 0.2) is 30.3 Å². The van der Waals surface area contributed by atoms with Crippen molar-refractivity contribution in [1.29, 1.82) is 0 Å². The largest absolute Gasteiger partial charge is 0.489 e. The van der Waals surface area contributed by atoms with Crippen molar-refractivity contribution in [3.63, 3.8) is 0 Å². The molecule has 0 saturated heterocycles. The molecule has 4 nitrogen and oxygen atoms in total. The van der Waals surface area contributed by atoms with Gasteiger partial charge in [-0.05, 0) is 39.1 Å². The lowest BCUT2D eigenvalue weighted by molar-refractivity contribution is -0.121. The van der Waals surface area contributed by atoms with Gasteiger partial charge in [0.15, 0.2) is 0 Å². The van der Waals surface area contributed by atoms with Gasteiger partial charge in [0.1, 0.15) is 11.9 Å². The van der Waals surface area contributed by atoms with Gasteiger partial charge >= 0.3 is 0 Å². The van der Waals surface area contributed by atoms with Crippen molar-refractivity contribution in [3.8, 4) is 5.75 Å². The summed E-state index contributed by atoms with van der Waals surface area (Å²) in [7, 11) is 1.88. The molecule has 1 amide bonds. The molecule has 2 N–H and O–H groups in total. The van der Waals surface area contributed by atoms with Crippen LogP contribution in [-0.2, 0) is 4.79 Å². The second-order valence-electron chi connectivity index (χ2n) is 4.25. The first-order chi connectivity index (χ1) is 8.72. The number of carbonyl (C=O) groups excluding carboxylic acids is 1. The van der Waals surface area contributed by atoms with Gasteiger partial charge in [-0.3, -0.25) is 4.79 Å². The fourth-order valence-electron chi connectivity index (χ4n) is 1.54. The van der Waals surface area contributed by atoms with Gasteiger partial charge in [0.25, 0.3) is 0 Å². The molecule has 0 saturated carbocycles. The number of ether oxygens (including phenoxy) is 1. The molecule has 0 aromatic heterocycles. The number of nitrogens with one attached hydrogen (secondary N) is 2. The van der Waals surface area contributed by atoms with Crippen LogP contribution in [0.2, 0.25) is 0 Å². The summed E-state index contributed by atoms with van der Waals surface area (Å²) in [6.07, 6.45) is 1.38. The summed E-state index contributed by atoms with van der Waals surface area (Å²) in [5, 5.41) is 5.89. The second-order valence-corrected chi connectivity index (χ2v) is 4.25. The van der Waals surface area contributed by atoms with E-state index in [-0.39, 0.29) is 24.4 Å². The van der Waals surface area contributed by atoms with Crippen molar-refractivity contribution in [2.75, 3.05) is 20.1 Å². The van der Waals surface area contributed by atoms with Crippen LogP contribution >= 0.6 is 12.4 Å². The lowest BCUT2D eigenvalue weighted by Crippen LogP contribution is -2.33. The van der Waals surface area contributed by atoms with Gasteiger partial charge in [-0.15, -0.1) is 12.4 Å². The summed E-state index contributed by atoms with van der Waals surface area (Å²) in [5.74, 6) is 0.906. The van der Waals surface area contributed by atoms with Crippen molar-refractivity contribution in [2.24, 2.45) is 0 Å². The Bertz CT molecular complexity index is 347. The maximum Gasteiger partial charge on any atom is 0.220 e. The predicted molar refractivity (Wildman–Crippen MR) is 80.0 cm³/mol. The monoisotopic (exact) mass is 286 g/mol. The first-order valence-electron chi connectivity index (χ1n) is 6.35. The van der Waals surface area contributed by atoms with E-state index in [2.05, 4.69) is 10.6 Å². The molecule has 0 aliphatic carbocycles. The summed E-state index contributed by atoms with van der Waals surface area (Å²) in [6.45, 7) is 3.34. The first-order valence-corrected chi connectivity index (χ1v) is 6.35. The molecule has 1 unspecified atom stereocenters. The molecule has 0 fully saturated rings. The number of amides is 1. The van der Waals surface area contributed by atoms with E-state index in [1.165, 1.54) is 0 Å². The number of halogens is 1. The van der Waals surface area contributed by atoms with Crippen LogP contribution in [0, 0.1) is 0 Å². The van der Waals surface area contributed by atoms with Gasteiger partial charge in [0.2, 0.25) is 5.91 Å². The minimum Gasteiger partial charge on any atom is -0.489 e. The normalized spacial score (nSPS) is 11.3. The van der Waals surface area contributed by atoms with Gasteiger partial charge in [0.05, 0.1) is 6.54 Å². The van der Waals surface area contributed by atoms with E-state index in [1.54, 1.807) is 0 Å². The Morgan fingerprint density at radius 3 is 2.63 bits per heavy atom. The molecule has 1 rings (SSSR count). The highest BCUT2D eigenvalue weighted by Gasteiger charge is 2.06. The van der Waals surface area contributed by atoms with E-state index >= 15 is 0 Å². The third-order valence-electron chi connectivity index (χ3n) is 2.50. The third kappa shape index (κ3) is 8.46. The van der Waals surface area contributed by atoms with Gasteiger partial charge in [-0.2, -0.15) is 0 Å². The molecule has 0 aliphatic heterocycles. The molecule has 1 atom stereocenters. The Labute approximate surface area is 121 Å². The predicted octanol–water partition coefficient (Wildman–Crippen LogP) is 1.99. The second kappa shape index (κ2) is 10.6. The lowest BCUT2D eigenvalue weighted by Gasteiger charge is -2.15. The highest BCUT2D eigenvalue weighted by molar-refractivity contribution is 5.85. The van der Waals surface area contributed by atoms with Crippen molar-refractivity contribution in [2.45, 2.75) is 25.9 Å². The van der Waals surface area contributed by atoms with Gasteiger partial charge in [-0.1, -0.05) is 18.2 Å². The zero-order chi connectivity index (χ0) is 13.2. The summed E-state index contributed by atoms with van der Waals surface area (Å²) in [6, 6.07) is 9.62. The van der Waals surface area contributed by atoms with Crippen LogP contribution in [0.3, 0.4) is 0 Å². The van der Waals surface area contributed by atoms with Crippen LogP contribution in [0.4, 0.5) is 0 Å². The Morgan fingerprint density at radius 1 is 1.32 bits per heavy atom. The standard InChI is InChI=1S/C14H22N2O2.ClH/c1-12(18-13-7-4-3-5-8-13)11-16-14(17)9-6-10-15-2;/h3-5,7-8,12,15H,6,9-11H2,1-2H3,(H,16,17);1H. The molecule has 19 heavy (non-hydrogen) atoms. The smallest absolute Gasteiger partial charge is 0.220 e. The van der Waals surface area contributed by atoms with E-state index in [0.29, 0.717) is 13.0 Å². The maximum atomic E-state index is 11.5. The Kier molecular flexibility index (Phi) is 9.94. The molecule has 0 spiro atoms. The fourth-order valence-corrected chi connectivity index (χ4v) is 1.54. The molecular formula is C14H23ClN2O2. The van der Waals surface area contributed by atoms with Crippen LogP contribution in [0.25, 0.3) is 0 Å². The molecule has 0 radical (unpaired) electrons. The van der Waals surface area contributed by atoms with Gasteiger partial charge < -0.3 is 15.4 Å². The van der Waals surface area contributed by atoms with Crippen molar-refractivity contribution in [1.82, 2.24) is 10.6 Å². The molecule has 0 aliphatic rings. The minimum atomic E-state index is -0.0272. The van der Waals surface area contributed by atoms with Crippen LogP contribution in [0.5, 0.6) is 5.75 Å². The first kappa shape index (κ1) is 17.7. The summed E-state index contributed by atoms with van der Waals surface area (Å²) in [5.41, 5.74) is 0. The highest BCUT2D eigenvalue weighted by Crippen LogP contribution is 2.10. The average molecular weight is 287 g/mol. The molecule has 1 aromatic carbocycles. The van der Waals surface area contributed by atoms with Crippen LogP contribution in [0.1, 0.15) is 19.8 Å². The summed E-state index contributed by atoms with van der Waals surface area (Å²) < 4.78 is 5.66. The van der Waals surface area contributed by atoms with Crippen LogP contribution in [-0.4, -0.2) is 32.1 Å². The number of carbonyl (C=O) groups is 1. The maximum absolute atomic E-state index is 11.5. The average Bonchev–Trinajstić information content (AvgIpc) is 2.38. The molecule has 1 aromatic rings. The molecule has 5 heteroatoms. The zero-order valence-corrected chi connectivity index (χ0v) is 12.3. The Morgan fingerprint density at radius 2 is 2.00 bits per heavy atom. The fraction of sp³-hybridized carbons (Fsp3) is 0.500. The van der Waals surface area contributed by atoms with Gasteiger partial charge in [-0.25, -0.2) is 0 Å². The van der Waals surface area contributed by atoms with Crippen molar-refractivity contribution < 1.29 is 9.53 Å². The van der Waals surface area contributed by atoms with E-state index < -0.39 is 0 Å². The number of para-hydroxylation sites is 1. The number of benzene rings is 1. The molecule has 108 valence electrons. The van der Waals surface area contributed by atoms with Crippen molar-refractivity contribution in [3.05, 3.63) is 30.3 Å². The molecule has 0 bridgehead atoms. The van der Waals surface area contributed by atoms with Crippen molar-refractivity contribution >= 4 is 18.3 Å². The molecule has 0 heterocycles. The summed E-state index contributed by atoms with van der Waals surface area (Å²) in [4.78, 5) is 11.5. The number of hydrogen-bond acceptors (Lipinski definition) is 3. The van der Waals surface area contributed by atoms with Crippen LogP contribution < -0.4 is 15.4 Å². The number of hydrogen-bond donors (Lipinski definition) is 2. The quantitative estimate of drug-likeness (QED) is 0.719.